The summed E-state index contributed by atoms with van der Waals surface area (Å²) in [5.41, 5.74) is 0.476. The Balaban J connectivity index is 1.82. The number of carbonyl (C=O) groups is 1. The van der Waals surface area contributed by atoms with Gasteiger partial charge in [-0.3, -0.25) is 0 Å². The topological polar surface area (TPSA) is 97.4 Å². The number of carbonyl (C=O) groups excluding carboxylic acids is 1. The standard InChI is InChI=1S/C20H13NO5S/c21-14-18(27(23,24)17-5-2-1-3-6-17)13-15-8-10-16(11-9-15)26-20(22)19-7-4-12-25-19/h1-13H/b18-13-. The van der Waals surface area contributed by atoms with Crippen molar-refractivity contribution in [2.45, 2.75) is 4.90 Å². The van der Waals surface area contributed by atoms with E-state index in [0.717, 1.165) is 0 Å². The van der Waals surface area contributed by atoms with Crippen molar-refractivity contribution in [3.63, 3.8) is 0 Å². The Bertz CT molecular complexity index is 1110. The lowest BCUT2D eigenvalue weighted by Gasteiger charge is -2.04. The van der Waals surface area contributed by atoms with Gasteiger partial charge in [0.15, 0.2) is 0 Å². The molecule has 27 heavy (non-hydrogen) atoms. The number of hydrogen-bond donors (Lipinski definition) is 0. The highest BCUT2D eigenvalue weighted by Gasteiger charge is 2.20. The molecule has 6 nitrogen and oxygen atoms in total. The Labute approximate surface area is 155 Å². The van der Waals surface area contributed by atoms with Gasteiger partial charge < -0.3 is 9.15 Å². The Morgan fingerprint density at radius 3 is 2.30 bits per heavy atom. The molecule has 0 radical (unpaired) electrons. The summed E-state index contributed by atoms with van der Waals surface area (Å²) < 4.78 is 35.2. The molecule has 0 saturated heterocycles. The summed E-state index contributed by atoms with van der Waals surface area (Å²) in [4.78, 5) is 11.5. The van der Waals surface area contributed by atoms with Crippen LogP contribution in [0.1, 0.15) is 16.1 Å². The van der Waals surface area contributed by atoms with Crippen LogP contribution in [0.15, 0.2) is 87.2 Å². The van der Waals surface area contributed by atoms with Gasteiger partial charge in [-0.25, -0.2) is 13.2 Å². The smallest absolute Gasteiger partial charge is 0.379 e. The number of furan rings is 1. The van der Waals surface area contributed by atoms with Crippen molar-refractivity contribution in [2.75, 3.05) is 0 Å². The van der Waals surface area contributed by atoms with E-state index in [4.69, 9.17) is 9.15 Å². The normalized spacial score (nSPS) is 11.6. The SMILES string of the molecule is N#C/C(=C/c1ccc(OC(=O)c2ccco2)cc1)S(=O)(=O)c1ccccc1. The first-order chi connectivity index (χ1) is 13.0. The van der Waals surface area contributed by atoms with Gasteiger partial charge >= 0.3 is 5.97 Å². The van der Waals surface area contributed by atoms with Crippen LogP contribution < -0.4 is 4.74 Å². The van der Waals surface area contributed by atoms with E-state index in [-0.39, 0.29) is 21.3 Å². The lowest BCUT2D eigenvalue weighted by molar-refractivity contribution is 0.0701. The predicted molar refractivity (Wildman–Crippen MR) is 97.3 cm³/mol. The maximum atomic E-state index is 12.5. The van der Waals surface area contributed by atoms with Crippen molar-refractivity contribution in [3.05, 3.63) is 89.2 Å². The van der Waals surface area contributed by atoms with Crippen LogP contribution in [-0.4, -0.2) is 14.4 Å². The fraction of sp³-hybridized carbons (Fsp3) is 0. The van der Waals surface area contributed by atoms with E-state index < -0.39 is 15.8 Å². The highest BCUT2D eigenvalue weighted by Crippen LogP contribution is 2.22. The average molecular weight is 379 g/mol. The van der Waals surface area contributed by atoms with Crippen molar-refractivity contribution in [1.29, 1.82) is 5.26 Å². The number of esters is 1. The molecule has 0 aliphatic carbocycles. The number of nitrogens with zero attached hydrogens (tertiary/aromatic N) is 1. The zero-order chi connectivity index (χ0) is 19.3. The lowest BCUT2D eigenvalue weighted by Crippen LogP contribution is -2.07. The zero-order valence-electron chi connectivity index (χ0n) is 13.9. The molecule has 0 unspecified atom stereocenters. The van der Waals surface area contributed by atoms with E-state index >= 15 is 0 Å². The number of nitriles is 1. The van der Waals surface area contributed by atoms with E-state index in [9.17, 15) is 18.5 Å². The Kier molecular flexibility index (Phi) is 5.20. The molecule has 0 saturated carbocycles. The number of sulfone groups is 1. The van der Waals surface area contributed by atoms with E-state index in [0.29, 0.717) is 5.56 Å². The van der Waals surface area contributed by atoms with Gasteiger partial charge in [0.05, 0.1) is 11.2 Å². The predicted octanol–water partition coefficient (Wildman–Crippen LogP) is 3.84. The minimum absolute atomic E-state index is 0.0433. The molecule has 0 amide bonds. The molecular formula is C20H13NO5S. The van der Waals surface area contributed by atoms with Gasteiger partial charge in [0, 0.05) is 0 Å². The second kappa shape index (κ2) is 7.72. The molecule has 0 spiro atoms. The largest absolute Gasteiger partial charge is 0.457 e. The summed E-state index contributed by atoms with van der Waals surface area (Å²) >= 11 is 0. The number of hydrogen-bond acceptors (Lipinski definition) is 6. The molecule has 1 aromatic heterocycles. The summed E-state index contributed by atoms with van der Waals surface area (Å²) in [6.07, 6.45) is 2.63. The fourth-order valence-corrected chi connectivity index (χ4v) is 3.41. The lowest BCUT2D eigenvalue weighted by atomic mass is 10.2. The molecule has 1 heterocycles. The second-order valence-corrected chi connectivity index (χ2v) is 7.29. The number of rotatable bonds is 5. The van der Waals surface area contributed by atoms with Gasteiger partial charge in [-0.1, -0.05) is 30.3 Å². The Morgan fingerprint density at radius 2 is 1.70 bits per heavy atom. The monoisotopic (exact) mass is 379 g/mol. The molecule has 0 bridgehead atoms. The van der Waals surface area contributed by atoms with Crippen LogP contribution in [0.5, 0.6) is 5.75 Å². The average Bonchev–Trinajstić information content (AvgIpc) is 3.23. The van der Waals surface area contributed by atoms with Crippen LogP contribution in [0.4, 0.5) is 0 Å². The maximum Gasteiger partial charge on any atom is 0.379 e. The molecule has 0 aliphatic heterocycles. The van der Waals surface area contributed by atoms with Crippen LogP contribution in [-0.2, 0) is 9.84 Å². The molecule has 7 heteroatoms. The molecular weight excluding hydrogens is 366 g/mol. The van der Waals surface area contributed by atoms with E-state index in [1.54, 1.807) is 42.5 Å². The van der Waals surface area contributed by atoms with Crippen molar-refractivity contribution >= 4 is 21.9 Å². The minimum Gasteiger partial charge on any atom is -0.457 e. The Morgan fingerprint density at radius 1 is 1.00 bits per heavy atom. The summed E-state index contributed by atoms with van der Waals surface area (Å²) in [6.45, 7) is 0. The van der Waals surface area contributed by atoms with Gasteiger partial charge in [0.1, 0.15) is 16.7 Å². The molecule has 2 aromatic carbocycles. The van der Waals surface area contributed by atoms with Crippen LogP contribution >= 0.6 is 0 Å². The first-order valence-electron chi connectivity index (χ1n) is 7.78. The molecule has 0 fully saturated rings. The van der Waals surface area contributed by atoms with Crippen molar-refractivity contribution in [1.82, 2.24) is 0 Å². The zero-order valence-corrected chi connectivity index (χ0v) is 14.7. The first-order valence-corrected chi connectivity index (χ1v) is 9.27. The highest BCUT2D eigenvalue weighted by atomic mass is 32.2. The maximum absolute atomic E-state index is 12.5. The molecule has 0 aliphatic rings. The summed E-state index contributed by atoms with van der Waals surface area (Å²) in [7, 11) is -3.91. The molecule has 3 aromatic rings. The number of benzene rings is 2. The van der Waals surface area contributed by atoms with Crippen LogP contribution in [0, 0.1) is 11.3 Å². The third-order valence-electron chi connectivity index (χ3n) is 3.56. The van der Waals surface area contributed by atoms with E-state index in [1.165, 1.54) is 42.7 Å². The quantitative estimate of drug-likeness (QED) is 0.380. The van der Waals surface area contributed by atoms with Gasteiger partial charge in [-0.2, -0.15) is 5.26 Å². The number of ether oxygens (including phenoxy) is 1. The first kappa shape index (κ1) is 18.2. The molecule has 134 valence electrons. The van der Waals surface area contributed by atoms with E-state index in [2.05, 4.69) is 0 Å². The van der Waals surface area contributed by atoms with Crippen LogP contribution in [0.25, 0.3) is 6.08 Å². The van der Waals surface area contributed by atoms with Gasteiger partial charge in [-0.15, -0.1) is 0 Å². The highest BCUT2D eigenvalue weighted by molar-refractivity contribution is 7.95. The van der Waals surface area contributed by atoms with E-state index in [1.807, 2.05) is 0 Å². The molecule has 3 rings (SSSR count). The molecule has 0 atom stereocenters. The number of allylic oxidation sites excluding steroid dienone is 1. The minimum atomic E-state index is -3.91. The second-order valence-electron chi connectivity index (χ2n) is 5.37. The van der Waals surface area contributed by atoms with Gasteiger partial charge in [0.2, 0.25) is 15.6 Å². The third kappa shape index (κ3) is 4.14. The van der Waals surface area contributed by atoms with Gasteiger partial charge in [-0.05, 0) is 48.0 Å². The Hall–Kier alpha value is -3.63. The van der Waals surface area contributed by atoms with Crippen molar-refractivity contribution in [3.8, 4) is 11.8 Å². The van der Waals surface area contributed by atoms with Crippen molar-refractivity contribution < 1.29 is 22.4 Å². The molecule has 0 N–H and O–H groups in total. The summed E-state index contributed by atoms with van der Waals surface area (Å²) in [5.74, 6) is -0.315. The summed E-state index contributed by atoms with van der Waals surface area (Å²) in [5, 5.41) is 9.29. The third-order valence-corrected chi connectivity index (χ3v) is 5.24. The fourth-order valence-electron chi connectivity index (χ4n) is 2.23. The van der Waals surface area contributed by atoms with Gasteiger partial charge in [0.25, 0.3) is 0 Å². The van der Waals surface area contributed by atoms with Crippen LogP contribution in [0.3, 0.4) is 0 Å². The van der Waals surface area contributed by atoms with Crippen LogP contribution in [0.2, 0.25) is 0 Å². The summed E-state index contributed by atoms with van der Waals surface area (Å²) in [6, 6.07) is 18.6. The van der Waals surface area contributed by atoms with Crippen molar-refractivity contribution in [2.24, 2.45) is 0 Å².